The molecule has 1 aromatic heterocycles. The number of hydrogen-bond acceptors (Lipinski definition) is 3. The molecule has 1 aromatic carbocycles. The molecule has 82 valence electrons. The van der Waals surface area contributed by atoms with Crippen molar-refractivity contribution in [2.24, 2.45) is 0 Å². The number of pyridine rings is 1. The zero-order valence-corrected chi connectivity index (χ0v) is 9.38. The number of rotatable bonds is 1. The van der Waals surface area contributed by atoms with Gasteiger partial charge >= 0.3 is 0 Å². The van der Waals surface area contributed by atoms with E-state index >= 15 is 0 Å². The molecular weight excluding hydrogens is 198 g/mol. The molecule has 16 heavy (non-hydrogen) atoms. The summed E-state index contributed by atoms with van der Waals surface area (Å²) in [7, 11) is 1.98. The van der Waals surface area contributed by atoms with Crippen LogP contribution in [0, 0.1) is 0 Å². The maximum Gasteiger partial charge on any atom is 0.0726 e. The van der Waals surface area contributed by atoms with Crippen LogP contribution in [0.15, 0.2) is 24.3 Å². The van der Waals surface area contributed by atoms with Crippen molar-refractivity contribution in [2.75, 3.05) is 18.9 Å². The third-order valence-corrected chi connectivity index (χ3v) is 3.17. The highest BCUT2D eigenvalue weighted by Crippen LogP contribution is 2.29. The molecule has 2 heterocycles. The van der Waals surface area contributed by atoms with E-state index in [1.54, 1.807) is 0 Å². The molecule has 0 aliphatic carbocycles. The minimum atomic E-state index is 0.920. The number of nitrogens with zero attached hydrogens (tertiary/aromatic N) is 1. The second-order valence-corrected chi connectivity index (χ2v) is 4.11. The molecule has 0 fully saturated rings. The van der Waals surface area contributed by atoms with Gasteiger partial charge in [0, 0.05) is 48.9 Å². The van der Waals surface area contributed by atoms with Crippen LogP contribution in [0.3, 0.4) is 0 Å². The zero-order valence-electron chi connectivity index (χ0n) is 9.38. The van der Waals surface area contributed by atoms with E-state index in [0.717, 1.165) is 25.0 Å². The van der Waals surface area contributed by atoms with Gasteiger partial charge < -0.3 is 10.6 Å². The quantitative estimate of drug-likeness (QED) is 0.760. The Morgan fingerprint density at radius 2 is 2.19 bits per heavy atom. The van der Waals surface area contributed by atoms with Crippen molar-refractivity contribution in [3.05, 3.63) is 35.5 Å². The van der Waals surface area contributed by atoms with Crippen LogP contribution in [0.4, 0.5) is 5.69 Å². The number of anilines is 1. The van der Waals surface area contributed by atoms with Gasteiger partial charge in [0.05, 0.1) is 5.52 Å². The van der Waals surface area contributed by atoms with Crippen LogP contribution in [0.25, 0.3) is 10.9 Å². The molecule has 1 aliphatic rings. The number of para-hydroxylation sites is 1. The lowest BCUT2D eigenvalue weighted by Crippen LogP contribution is -2.25. The molecule has 3 heteroatoms. The molecule has 0 amide bonds. The molecule has 2 N–H and O–H groups in total. The summed E-state index contributed by atoms with van der Waals surface area (Å²) in [5, 5.41) is 7.93. The molecule has 0 radical (unpaired) electrons. The van der Waals surface area contributed by atoms with Gasteiger partial charge in [-0.05, 0) is 6.07 Å². The maximum atomic E-state index is 4.74. The van der Waals surface area contributed by atoms with E-state index in [0.29, 0.717) is 0 Å². The molecule has 0 bridgehead atoms. The first-order valence-electron chi connectivity index (χ1n) is 5.69. The summed E-state index contributed by atoms with van der Waals surface area (Å²) in [4.78, 5) is 4.74. The average Bonchev–Trinajstić information content (AvgIpc) is 2.36. The fourth-order valence-electron chi connectivity index (χ4n) is 2.41. The van der Waals surface area contributed by atoms with Crippen LogP contribution in [0.5, 0.6) is 0 Å². The van der Waals surface area contributed by atoms with Gasteiger partial charge in [0.15, 0.2) is 0 Å². The lowest BCUT2D eigenvalue weighted by atomic mass is 10.0. The minimum Gasteiger partial charge on any atom is -0.387 e. The number of aromatic nitrogens is 1. The van der Waals surface area contributed by atoms with Crippen molar-refractivity contribution in [2.45, 2.75) is 13.0 Å². The fraction of sp³-hybridized carbons (Fsp3) is 0.308. The Labute approximate surface area is 94.9 Å². The summed E-state index contributed by atoms with van der Waals surface area (Å²) >= 11 is 0. The van der Waals surface area contributed by atoms with Gasteiger partial charge in [0.2, 0.25) is 0 Å². The Kier molecular flexibility index (Phi) is 2.26. The number of nitrogens with one attached hydrogen (secondary N) is 2. The molecule has 0 spiro atoms. The SMILES string of the molecule is CNc1c2c(nc3ccccc13)CCNC2. The van der Waals surface area contributed by atoms with Crippen molar-refractivity contribution in [3.8, 4) is 0 Å². The monoisotopic (exact) mass is 213 g/mol. The minimum absolute atomic E-state index is 0.920. The highest BCUT2D eigenvalue weighted by Gasteiger charge is 2.16. The van der Waals surface area contributed by atoms with E-state index < -0.39 is 0 Å². The van der Waals surface area contributed by atoms with Crippen molar-refractivity contribution < 1.29 is 0 Å². The standard InChI is InChI=1S/C13H15N3/c1-14-13-9-4-2-3-5-11(9)16-12-6-7-15-8-10(12)13/h2-5,15H,6-8H2,1H3,(H,14,16). The summed E-state index contributed by atoms with van der Waals surface area (Å²) in [5.41, 5.74) is 4.88. The molecule has 0 unspecified atom stereocenters. The molecule has 3 rings (SSSR count). The Morgan fingerprint density at radius 3 is 3.06 bits per heavy atom. The highest BCUT2D eigenvalue weighted by atomic mass is 14.9. The van der Waals surface area contributed by atoms with E-state index in [9.17, 15) is 0 Å². The second-order valence-electron chi connectivity index (χ2n) is 4.11. The van der Waals surface area contributed by atoms with Gasteiger partial charge in [-0.2, -0.15) is 0 Å². The van der Waals surface area contributed by atoms with Crippen molar-refractivity contribution in [1.82, 2.24) is 10.3 Å². The average molecular weight is 213 g/mol. The van der Waals surface area contributed by atoms with E-state index in [2.05, 4.69) is 28.8 Å². The summed E-state index contributed by atoms with van der Waals surface area (Å²) in [6.07, 6.45) is 1.02. The third kappa shape index (κ3) is 1.36. The summed E-state index contributed by atoms with van der Waals surface area (Å²) in [6, 6.07) is 8.32. The number of fused-ring (bicyclic) bond motifs is 2. The van der Waals surface area contributed by atoms with Crippen LogP contribution >= 0.6 is 0 Å². The molecule has 0 saturated carbocycles. The predicted molar refractivity (Wildman–Crippen MR) is 66.7 cm³/mol. The lowest BCUT2D eigenvalue weighted by molar-refractivity contribution is 0.634. The highest BCUT2D eigenvalue weighted by molar-refractivity contribution is 5.93. The van der Waals surface area contributed by atoms with E-state index in [1.165, 1.54) is 22.3 Å². The predicted octanol–water partition coefficient (Wildman–Crippen LogP) is 1.92. The van der Waals surface area contributed by atoms with E-state index in [4.69, 9.17) is 4.98 Å². The van der Waals surface area contributed by atoms with Crippen LogP contribution in [-0.2, 0) is 13.0 Å². The van der Waals surface area contributed by atoms with E-state index in [-0.39, 0.29) is 0 Å². The van der Waals surface area contributed by atoms with Crippen molar-refractivity contribution in [1.29, 1.82) is 0 Å². The third-order valence-electron chi connectivity index (χ3n) is 3.17. The topological polar surface area (TPSA) is 37.0 Å². The molecule has 3 nitrogen and oxygen atoms in total. The number of hydrogen-bond donors (Lipinski definition) is 2. The first kappa shape index (κ1) is 9.60. The van der Waals surface area contributed by atoms with Gasteiger partial charge in [-0.1, -0.05) is 18.2 Å². The normalized spacial score (nSPS) is 14.8. The zero-order chi connectivity index (χ0) is 11.0. The first-order valence-corrected chi connectivity index (χ1v) is 5.69. The Morgan fingerprint density at radius 1 is 1.31 bits per heavy atom. The molecule has 0 saturated heterocycles. The van der Waals surface area contributed by atoms with E-state index in [1.807, 2.05) is 13.1 Å². The van der Waals surface area contributed by atoms with Crippen LogP contribution < -0.4 is 10.6 Å². The Bertz CT molecular complexity index is 534. The van der Waals surface area contributed by atoms with Crippen LogP contribution in [0.1, 0.15) is 11.3 Å². The molecule has 2 aromatic rings. The molecule has 1 aliphatic heterocycles. The maximum absolute atomic E-state index is 4.74. The lowest BCUT2D eigenvalue weighted by Gasteiger charge is -2.21. The van der Waals surface area contributed by atoms with Crippen molar-refractivity contribution in [3.63, 3.8) is 0 Å². The summed E-state index contributed by atoms with van der Waals surface area (Å²) in [5.74, 6) is 0. The van der Waals surface area contributed by atoms with Gasteiger partial charge in [-0.25, -0.2) is 0 Å². The van der Waals surface area contributed by atoms with Gasteiger partial charge in [0.1, 0.15) is 0 Å². The summed E-state index contributed by atoms with van der Waals surface area (Å²) < 4.78 is 0. The van der Waals surface area contributed by atoms with Gasteiger partial charge in [0.25, 0.3) is 0 Å². The van der Waals surface area contributed by atoms with Gasteiger partial charge in [-0.15, -0.1) is 0 Å². The van der Waals surface area contributed by atoms with Crippen LogP contribution in [0.2, 0.25) is 0 Å². The first-order chi connectivity index (χ1) is 7.90. The Balaban J connectivity index is 2.35. The largest absolute Gasteiger partial charge is 0.387 e. The second kappa shape index (κ2) is 3.76. The van der Waals surface area contributed by atoms with Gasteiger partial charge in [-0.3, -0.25) is 4.98 Å². The molecule has 0 atom stereocenters. The molecular formula is C13H15N3. The smallest absolute Gasteiger partial charge is 0.0726 e. The number of benzene rings is 1. The van der Waals surface area contributed by atoms with Crippen molar-refractivity contribution >= 4 is 16.6 Å². The fourth-order valence-corrected chi connectivity index (χ4v) is 2.41. The summed E-state index contributed by atoms with van der Waals surface area (Å²) in [6.45, 7) is 1.95. The van der Waals surface area contributed by atoms with Crippen LogP contribution in [-0.4, -0.2) is 18.6 Å². The Hall–Kier alpha value is -1.61.